The number of hydrogen-bond donors (Lipinski definition) is 0. The average molecular weight is 222 g/mol. The molecular formula is C15H26O. The van der Waals surface area contributed by atoms with E-state index in [0.29, 0.717) is 11.5 Å². The molecule has 0 spiro atoms. The molecule has 0 N–H and O–H groups in total. The highest BCUT2D eigenvalue weighted by atomic mass is 16.5. The van der Waals surface area contributed by atoms with Crippen LogP contribution < -0.4 is 0 Å². The zero-order valence-corrected chi connectivity index (χ0v) is 11.3. The molecule has 2 saturated carbocycles. The van der Waals surface area contributed by atoms with Crippen LogP contribution >= 0.6 is 0 Å². The topological polar surface area (TPSA) is 9.23 Å². The molecule has 3 fully saturated rings. The molecule has 1 nitrogen and oxygen atoms in total. The van der Waals surface area contributed by atoms with Crippen LogP contribution in [0.3, 0.4) is 0 Å². The molecule has 1 heteroatoms. The maximum absolute atomic E-state index is 6.44. The van der Waals surface area contributed by atoms with Crippen molar-refractivity contribution >= 4 is 0 Å². The molecule has 0 aromatic rings. The lowest BCUT2D eigenvalue weighted by Gasteiger charge is -2.33. The zero-order chi connectivity index (χ0) is 11.6. The van der Waals surface area contributed by atoms with E-state index in [1.807, 2.05) is 0 Å². The molecule has 5 atom stereocenters. The Labute approximate surface area is 99.9 Å². The fourth-order valence-corrected chi connectivity index (χ4v) is 4.99. The van der Waals surface area contributed by atoms with Crippen LogP contribution in [0.25, 0.3) is 0 Å². The van der Waals surface area contributed by atoms with Gasteiger partial charge in [0.15, 0.2) is 0 Å². The van der Waals surface area contributed by atoms with Crippen LogP contribution in [0.2, 0.25) is 0 Å². The van der Waals surface area contributed by atoms with Gasteiger partial charge in [0.2, 0.25) is 0 Å². The van der Waals surface area contributed by atoms with Gasteiger partial charge in [0.05, 0.1) is 11.7 Å². The number of hydrogen-bond acceptors (Lipinski definition) is 1. The average Bonchev–Trinajstić information content (AvgIpc) is 2.62. The Morgan fingerprint density at radius 2 is 1.81 bits per heavy atom. The number of rotatable bonds is 0. The Bertz CT molecular complexity index is 296. The van der Waals surface area contributed by atoms with Gasteiger partial charge >= 0.3 is 0 Å². The summed E-state index contributed by atoms with van der Waals surface area (Å²) in [6, 6.07) is 0. The van der Waals surface area contributed by atoms with Crippen LogP contribution in [0.15, 0.2) is 0 Å². The molecule has 0 aromatic carbocycles. The fraction of sp³-hybridized carbons (Fsp3) is 1.00. The van der Waals surface area contributed by atoms with E-state index in [1.54, 1.807) is 0 Å². The van der Waals surface area contributed by atoms with E-state index in [2.05, 4.69) is 27.7 Å². The lowest BCUT2D eigenvalue weighted by Crippen LogP contribution is -2.32. The van der Waals surface area contributed by atoms with Crippen molar-refractivity contribution in [3.63, 3.8) is 0 Å². The van der Waals surface area contributed by atoms with Crippen LogP contribution in [0.1, 0.15) is 59.8 Å². The van der Waals surface area contributed by atoms with E-state index in [9.17, 15) is 0 Å². The predicted octanol–water partition coefficient (Wildman–Crippen LogP) is 4.02. The van der Waals surface area contributed by atoms with E-state index in [0.717, 1.165) is 17.8 Å². The minimum absolute atomic E-state index is 0.138. The molecule has 3 aliphatic rings. The van der Waals surface area contributed by atoms with Crippen LogP contribution in [0.4, 0.5) is 0 Å². The van der Waals surface area contributed by atoms with Crippen molar-refractivity contribution in [2.24, 2.45) is 23.2 Å². The van der Waals surface area contributed by atoms with E-state index in [4.69, 9.17) is 4.74 Å². The van der Waals surface area contributed by atoms with E-state index < -0.39 is 0 Å². The van der Waals surface area contributed by atoms with Gasteiger partial charge < -0.3 is 4.74 Å². The van der Waals surface area contributed by atoms with Gasteiger partial charge in [-0.1, -0.05) is 20.3 Å². The number of ether oxygens (including phenoxy) is 1. The normalized spacial score (nSPS) is 54.8. The van der Waals surface area contributed by atoms with Gasteiger partial charge in [0, 0.05) is 0 Å². The SMILES string of the molecule is C[C@@H]1CCC[C@]2(C)CC[C@H]3[C@@H]2[C@@H]1OC3(C)C. The summed E-state index contributed by atoms with van der Waals surface area (Å²) in [5, 5.41) is 0. The van der Waals surface area contributed by atoms with E-state index in [-0.39, 0.29) is 5.60 Å². The third kappa shape index (κ3) is 1.33. The standard InChI is InChI=1S/C15H26O/c1-10-6-5-8-15(4)9-7-11-12(15)13(10)16-14(11,2)3/h10-13H,5-9H2,1-4H3/t10-,11+,12-,13-,15-/m1/s1. The minimum Gasteiger partial charge on any atom is -0.371 e. The summed E-state index contributed by atoms with van der Waals surface area (Å²) in [4.78, 5) is 0. The molecule has 0 amide bonds. The highest BCUT2D eigenvalue weighted by molar-refractivity contribution is 5.09. The van der Waals surface area contributed by atoms with Crippen molar-refractivity contribution in [2.45, 2.75) is 71.5 Å². The Kier molecular flexibility index (Phi) is 2.25. The summed E-state index contributed by atoms with van der Waals surface area (Å²) in [6.45, 7) is 9.59. The van der Waals surface area contributed by atoms with Crippen LogP contribution in [-0.4, -0.2) is 11.7 Å². The molecule has 0 bridgehead atoms. The fourth-order valence-electron chi connectivity index (χ4n) is 4.99. The molecule has 0 radical (unpaired) electrons. The monoisotopic (exact) mass is 222 g/mol. The summed E-state index contributed by atoms with van der Waals surface area (Å²) in [5.41, 5.74) is 0.729. The molecule has 92 valence electrons. The first-order valence-electron chi connectivity index (χ1n) is 7.12. The maximum atomic E-state index is 6.44. The van der Waals surface area contributed by atoms with Gasteiger partial charge in [-0.2, -0.15) is 0 Å². The highest BCUT2D eigenvalue weighted by Crippen LogP contribution is 2.62. The Morgan fingerprint density at radius 1 is 1.06 bits per heavy atom. The maximum Gasteiger partial charge on any atom is 0.0662 e. The van der Waals surface area contributed by atoms with Crippen molar-refractivity contribution < 1.29 is 4.74 Å². The predicted molar refractivity (Wildman–Crippen MR) is 66.3 cm³/mol. The molecule has 0 aromatic heterocycles. The van der Waals surface area contributed by atoms with Gasteiger partial charge in [-0.3, -0.25) is 0 Å². The summed E-state index contributed by atoms with van der Waals surface area (Å²) in [7, 11) is 0. The van der Waals surface area contributed by atoms with Gasteiger partial charge in [-0.25, -0.2) is 0 Å². The first kappa shape index (κ1) is 11.1. The Morgan fingerprint density at radius 3 is 2.56 bits per heavy atom. The first-order valence-corrected chi connectivity index (χ1v) is 7.12. The van der Waals surface area contributed by atoms with Crippen LogP contribution in [0, 0.1) is 23.2 Å². The van der Waals surface area contributed by atoms with Gasteiger partial charge in [-0.05, 0) is 62.7 Å². The minimum atomic E-state index is 0.138. The molecule has 2 aliphatic carbocycles. The second kappa shape index (κ2) is 3.25. The summed E-state index contributed by atoms with van der Waals surface area (Å²) in [5.74, 6) is 2.44. The van der Waals surface area contributed by atoms with Crippen molar-refractivity contribution in [3.8, 4) is 0 Å². The summed E-state index contributed by atoms with van der Waals surface area (Å²) < 4.78 is 6.44. The van der Waals surface area contributed by atoms with E-state index in [1.165, 1.54) is 32.1 Å². The molecule has 1 heterocycles. The largest absolute Gasteiger partial charge is 0.371 e. The molecule has 16 heavy (non-hydrogen) atoms. The van der Waals surface area contributed by atoms with Crippen LogP contribution in [-0.2, 0) is 4.74 Å². The Balaban J connectivity index is 2.00. The summed E-state index contributed by atoms with van der Waals surface area (Å²) in [6.07, 6.45) is 7.63. The molecule has 1 saturated heterocycles. The third-order valence-corrected chi connectivity index (χ3v) is 5.92. The van der Waals surface area contributed by atoms with Gasteiger partial charge in [0.1, 0.15) is 0 Å². The second-order valence-corrected chi connectivity index (χ2v) is 7.38. The summed E-state index contributed by atoms with van der Waals surface area (Å²) >= 11 is 0. The lowest BCUT2D eigenvalue weighted by molar-refractivity contribution is -0.0632. The van der Waals surface area contributed by atoms with Crippen molar-refractivity contribution in [1.82, 2.24) is 0 Å². The molecular weight excluding hydrogens is 196 g/mol. The molecule has 0 unspecified atom stereocenters. The quantitative estimate of drug-likeness (QED) is 0.601. The zero-order valence-electron chi connectivity index (χ0n) is 11.3. The lowest BCUT2D eigenvalue weighted by atomic mass is 9.70. The Hall–Kier alpha value is -0.0400. The van der Waals surface area contributed by atoms with Gasteiger partial charge in [0.25, 0.3) is 0 Å². The second-order valence-electron chi connectivity index (χ2n) is 7.38. The van der Waals surface area contributed by atoms with Crippen molar-refractivity contribution in [3.05, 3.63) is 0 Å². The molecule has 3 rings (SSSR count). The highest BCUT2D eigenvalue weighted by Gasteiger charge is 2.61. The third-order valence-electron chi connectivity index (χ3n) is 5.92. The smallest absolute Gasteiger partial charge is 0.0662 e. The van der Waals surface area contributed by atoms with Gasteiger partial charge in [-0.15, -0.1) is 0 Å². The first-order chi connectivity index (χ1) is 7.44. The molecule has 1 aliphatic heterocycles. The van der Waals surface area contributed by atoms with E-state index >= 15 is 0 Å². The van der Waals surface area contributed by atoms with Crippen molar-refractivity contribution in [2.75, 3.05) is 0 Å². The van der Waals surface area contributed by atoms with Crippen molar-refractivity contribution in [1.29, 1.82) is 0 Å². The van der Waals surface area contributed by atoms with Crippen LogP contribution in [0.5, 0.6) is 0 Å².